The lowest BCUT2D eigenvalue weighted by Gasteiger charge is -2.31. The fourth-order valence-electron chi connectivity index (χ4n) is 4.45. The van der Waals surface area contributed by atoms with E-state index < -0.39 is 0 Å². The zero-order chi connectivity index (χ0) is 19.8. The number of nitriles is 1. The second kappa shape index (κ2) is 7.86. The minimum Gasteiger partial charge on any atom is -0.315 e. The van der Waals surface area contributed by atoms with Crippen LogP contribution in [0, 0.1) is 11.3 Å². The van der Waals surface area contributed by atoms with Gasteiger partial charge in [0.05, 0.1) is 27.3 Å². The number of hydrogen-bond donors (Lipinski definition) is 1. The van der Waals surface area contributed by atoms with Crippen molar-refractivity contribution >= 4 is 43.8 Å². The second-order valence-electron chi connectivity index (χ2n) is 7.82. The van der Waals surface area contributed by atoms with E-state index in [1.165, 1.54) is 14.6 Å². The molecule has 29 heavy (non-hydrogen) atoms. The number of nitrogens with one attached hydrogen (secondary N) is 1. The number of nitrogens with zero attached hydrogens (tertiary/aromatic N) is 3. The number of anilines is 1. The van der Waals surface area contributed by atoms with Crippen LogP contribution < -0.4 is 5.32 Å². The van der Waals surface area contributed by atoms with Crippen molar-refractivity contribution in [2.24, 2.45) is 0 Å². The van der Waals surface area contributed by atoms with Gasteiger partial charge in [-0.2, -0.15) is 5.26 Å². The minimum atomic E-state index is -0.0219. The number of amides is 1. The van der Waals surface area contributed by atoms with Crippen LogP contribution in [-0.4, -0.2) is 35.4 Å². The van der Waals surface area contributed by atoms with E-state index in [2.05, 4.69) is 34.5 Å². The molecule has 0 bridgehead atoms. The lowest BCUT2D eigenvalue weighted by atomic mass is 9.99. The maximum absolute atomic E-state index is 12.7. The number of carbonyl (C=O) groups excluding carboxylic acids is 1. The van der Waals surface area contributed by atoms with Crippen LogP contribution in [0.15, 0.2) is 24.3 Å². The van der Waals surface area contributed by atoms with Crippen molar-refractivity contribution in [1.82, 2.24) is 9.88 Å². The molecule has 1 saturated heterocycles. The Morgan fingerprint density at radius 3 is 3.03 bits per heavy atom. The van der Waals surface area contributed by atoms with Crippen LogP contribution in [0.25, 0.3) is 10.2 Å². The number of piperidine rings is 1. The number of thiazole rings is 1. The van der Waals surface area contributed by atoms with Crippen molar-refractivity contribution in [1.29, 1.82) is 5.26 Å². The van der Waals surface area contributed by atoms with Crippen molar-refractivity contribution in [2.45, 2.75) is 38.0 Å². The van der Waals surface area contributed by atoms with E-state index in [0.717, 1.165) is 61.3 Å². The van der Waals surface area contributed by atoms with Crippen molar-refractivity contribution in [3.63, 3.8) is 0 Å². The van der Waals surface area contributed by atoms with Gasteiger partial charge >= 0.3 is 0 Å². The Morgan fingerprint density at radius 1 is 1.28 bits per heavy atom. The molecule has 3 aromatic rings. The highest BCUT2D eigenvalue weighted by Gasteiger charge is 2.27. The monoisotopic (exact) mass is 422 g/mol. The summed E-state index contributed by atoms with van der Waals surface area (Å²) in [5.41, 5.74) is 2.90. The standard InChI is InChI=1S/C22H22N4OS2/c23-11-16-15-6-3-9-18(15)28-22(16)25-20(27)13-26-10-4-5-14(12-26)21-24-17-7-1-2-8-19(17)29-21/h1-2,7-8,14H,3-6,9-10,12-13H2,(H,25,27)/t14-/m0/s1. The Labute approximate surface area is 178 Å². The predicted octanol–water partition coefficient (Wildman–Crippen LogP) is 4.54. The van der Waals surface area contributed by atoms with Gasteiger partial charge in [-0.05, 0) is 56.3 Å². The topological polar surface area (TPSA) is 69.0 Å². The molecule has 1 aromatic carbocycles. The van der Waals surface area contributed by atoms with Crippen LogP contribution in [0.1, 0.15) is 46.2 Å². The number of hydrogen-bond acceptors (Lipinski definition) is 6. The van der Waals surface area contributed by atoms with E-state index in [4.69, 9.17) is 4.98 Å². The van der Waals surface area contributed by atoms with E-state index in [9.17, 15) is 10.1 Å². The SMILES string of the molecule is N#Cc1c(NC(=O)CN2CCC[C@H](c3nc4ccccc4s3)C2)sc2c1CCC2. The molecule has 3 heterocycles. The molecule has 1 atom stereocenters. The molecule has 0 spiro atoms. The summed E-state index contributed by atoms with van der Waals surface area (Å²) in [5, 5.41) is 14.4. The van der Waals surface area contributed by atoms with E-state index in [1.807, 2.05) is 6.07 Å². The normalized spacial score (nSPS) is 19.2. The number of likely N-dealkylation sites (tertiary alicyclic amines) is 1. The molecule has 148 valence electrons. The third-order valence-electron chi connectivity index (χ3n) is 5.82. The van der Waals surface area contributed by atoms with Crippen molar-refractivity contribution in [2.75, 3.05) is 25.0 Å². The van der Waals surface area contributed by atoms with Gasteiger partial charge in [-0.1, -0.05) is 12.1 Å². The van der Waals surface area contributed by atoms with E-state index in [0.29, 0.717) is 18.0 Å². The zero-order valence-electron chi connectivity index (χ0n) is 16.1. The zero-order valence-corrected chi connectivity index (χ0v) is 17.7. The van der Waals surface area contributed by atoms with Gasteiger partial charge in [0.1, 0.15) is 11.1 Å². The minimum absolute atomic E-state index is 0.0219. The molecule has 0 unspecified atom stereocenters. The molecular weight excluding hydrogens is 400 g/mol. The van der Waals surface area contributed by atoms with Crippen LogP contribution in [0.3, 0.4) is 0 Å². The number of carbonyl (C=O) groups is 1. The van der Waals surface area contributed by atoms with Crippen LogP contribution in [0.4, 0.5) is 5.00 Å². The summed E-state index contributed by atoms with van der Waals surface area (Å²) in [7, 11) is 0. The lowest BCUT2D eigenvalue weighted by molar-refractivity contribution is -0.117. The first-order valence-corrected chi connectivity index (χ1v) is 11.8. The Morgan fingerprint density at radius 2 is 2.17 bits per heavy atom. The molecule has 1 aliphatic carbocycles. The maximum atomic E-state index is 12.7. The molecule has 2 aromatic heterocycles. The summed E-state index contributed by atoms with van der Waals surface area (Å²) in [6.07, 6.45) is 5.30. The van der Waals surface area contributed by atoms with Gasteiger partial charge in [0, 0.05) is 17.3 Å². The fourth-order valence-corrected chi connectivity index (χ4v) is 6.79. The predicted molar refractivity (Wildman–Crippen MR) is 118 cm³/mol. The quantitative estimate of drug-likeness (QED) is 0.670. The van der Waals surface area contributed by atoms with E-state index in [1.54, 1.807) is 22.7 Å². The molecule has 7 heteroatoms. The molecule has 1 fully saturated rings. The number of benzene rings is 1. The number of fused-ring (bicyclic) bond motifs is 2. The second-order valence-corrected chi connectivity index (χ2v) is 9.98. The van der Waals surface area contributed by atoms with Crippen LogP contribution in [0.2, 0.25) is 0 Å². The van der Waals surface area contributed by atoms with Crippen LogP contribution >= 0.6 is 22.7 Å². The van der Waals surface area contributed by atoms with Crippen molar-refractivity contribution in [3.8, 4) is 6.07 Å². The summed E-state index contributed by atoms with van der Waals surface area (Å²) in [5.74, 6) is 0.362. The lowest BCUT2D eigenvalue weighted by Crippen LogP contribution is -2.39. The average molecular weight is 423 g/mol. The van der Waals surface area contributed by atoms with Crippen LogP contribution in [0.5, 0.6) is 0 Å². The molecule has 1 aliphatic heterocycles. The summed E-state index contributed by atoms with van der Waals surface area (Å²) < 4.78 is 1.23. The third-order valence-corrected chi connectivity index (χ3v) is 8.22. The largest absolute Gasteiger partial charge is 0.315 e. The summed E-state index contributed by atoms with van der Waals surface area (Å²) in [4.78, 5) is 21.0. The molecular formula is C22H22N4OS2. The molecule has 5 nitrogen and oxygen atoms in total. The smallest absolute Gasteiger partial charge is 0.239 e. The Kier molecular flexibility index (Phi) is 5.08. The van der Waals surface area contributed by atoms with Gasteiger partial charge in [-0.15, -0.1) is 22.7 Å². The Hall–Kier alpha value is -2.27. The van der Waals surface area contributed by atoms with Gasteiger partial charge in [-0.3, -0.25) is 9.69 Å². The third kappa shape index (κ3) is 3.68. The number of rotatable bonds is 4. The maximum Gasteiger partial charge on any atom is 0.239 e. The first-order valence-electron chi connectivity index (χ1n) is 10.1. The van der Waals surface area contributed by atoms with Gasteiger partial charge in [0.15, 0.2) is 0 Å². The number of aryl methyl sites for hydroxylation is 1. The van der Waals surface area contributed by atoms with Crippen molar-refractivity contribution < 1.29 is 4.79 Å². The average Bonchev–Trinajstić information content (AvgIpc) is 3.42. The first kappa shape index (κ1) is 18.7. The molecule has 1 amide bonds. The van der Waals surface area contributed by atoms with Gasteiger partial charge in [0.2, 0.25) is 5.91 Å². The van der Waals surface area contributed by atoms with Crippen LogP contribution in [-0.2, 0) is 17.6 Å². The Bertz CT molecular complexity index is 1080. The fraction of sp³-hybridized carbons (Fsp3) is 0.409. The highest BCUT2D eigenvalue weighted by molar-refractivity contribution is 7.18. The Balaban J connectivity index is 1.25. The first-order chi connectivity index (χ1) is 14.2. The van der Waals surface area contributed by atoms with Crippen molar-refractivity contribution in [3.05, 3.63) is 45.3 Å². The number of thiophene rings is 1. The molecule has 1 N–H and O–H groups in total. The van der Waals surface area contributed by atoms with Gasteiger partial charge < -0.3 is 5.32 Å². The molecule has 0 radical (unpaired) electrons. The van der Waals surface area contributed by atoms with E-state index in [-0.39, 0.29) is 5.91 Å². The summed E-state index contributed by atoms with van der Waals surface area (Å²) in [6.45, 7) is 2.16. The number of aromatic nitrogens is 1. The molecule has 2 aliphatic rings. The van der Waals surface area contributed by atoms with Gasteiger partial charge in [0.25, 0.3) is 0 Å². The molecule has 0 saturated carbocycles. The van der Waals surface area contributed by atoms with Gasteiger partial charge in [-0.25, -0.2) is 4.98 Å². The number of para-hydroxylation sites is 1. The molecule has 5 rings (SSSR count). The van der Waals surface area contributed by atoms with E-state index >= 15 is 0 Å². The highest BCUT2D eigenvalue weighted by Crippen LogP contribution is 2.38. The summed E-state index contributed by atoms with van der Waals surface area (Å²) >= 11 is 3.35. The highest BCUT2D eigenvalue weighted by atomic mass is 32.1. The summed E-state index contributed by atoms with van der Waals surface area (Å²) in [6, 6.07) is 10.6.